The third-order valence-corrected chi connectivity index (χ3v) is 4.59. The van der Waals surface area contributed by atoms with Gasteiger partial charge in [0.15, 0.2) is 0 Å². The van der Waals surface area contributed by atoms with Gasteiger partial charge >= 0.3 is 0 Å². The molecule has 0 aliphatic carbocycles. The summed E-state index contributed by atoms with van der Waals surface area (Å²) in [6.07, 6.45) is 5.95. The Labute approximate surface area is 101 Å². The second-order valence-electron chi connectivity index (χ2n) is 5.07. The molecular weight excluding hydrogens is 218 g/mol. The maximum atomic E-state index is 5.86. The van der Waals surface area contributed by atoms with Crippen molar-refractivity contribution in [1.29, 1.82) is 0 Å². The molecule has 2 fully saturated rings. The van der Waals surface area contributed by atoms with Crippen molar-refractivity contribution in [3.05, 3.63) is 22.4 Å². The minimum Gasteiger partial charge on any atom is -0.373 e. The molecule has 0 spiro atoms. The number of thiophene rings is 1. The van der Waals surface area contributed by atoms with Crippen LogP contribution in [0.3, 0.4) is 0 Å². The zero-order valence-electron chi connectivity index (χ0n) is 9.69. The fraction of sp³-hybridized carbons (Fsp3) is 0.692. The predicted molar refractivity (Wildman–Crippen MR) is 66.9 cm³/mol. The van der Waals surface area contributed by atoms with Gasteiger partial charge in [-0.3, -0.25) is 0 Å². The monoisotopic (exact) mass is 237 g/mol. The third-order valence-electron chi connectivity index (χ3n) is 3.69. The van der Waals surface area contributed by atoms with Gasteiger partial charge in [0, 0.05) is 17.0 Å². The molecule has 1 aromatic rings. The fourth-order valence-corrected chi connectivity index (χ4v) is 3.80. The average molecular weight is 237 g/mol. The molecule has 4 atom stereocenters. The first-order valence-corrected chi connectivity index (χ1v) is 7.13. The van der Waals surface area contributed by atoms with Crippen LogP contribution in [0.1, 0.15) is 31.1 Å². The molecule has 2 aliphatic rings. The molecule has 2 nitrogen and oxygen atoms in total. The van der Waals surface area contributed by atoms with Gasteiger partial charge in [-0.15, -0.1) is 11.3 Å². The van der Waals surface area contributed by atoms with Gasteiger partial charge in [0.1, 0.15) is 0 Å². The second-order valence-corrected chi connectivity index (χ2v) is 6.10. The van der Waals surface area contributed by atoms with Crippen LogP contribution in [0, 0.1) is 0 Å². The quantitative estimate of drug-likeness (QED) is 0.869. The number of rotatable bonds is 4. The lowest BCUT2D eigenvalue weighted by Crippen LogP contribution is -2.43. The molecule has 2 saturated heterocycles. The van der Waals surface area contributed by atoms with Crippen LogP contribution in [0.2, 0.25) is 0 Å². The summed E-state index contributed by atoms with van der Waals surface area (Å²) in [6.45, 7) is 2.28. The molecule has 88 valence electrons. The molecule has 2 aliphatic heterocycles. The van der Waals surface area contributed by atoms with E-state index in [1.165, 1.54) is 24.1 Å². The van der Waals surface area contributed by atoms with Gasteiger partial charge in [-0.25, -0.2) is 0 Å². The number of nitrogens with one attached hydrogen (secondary N) is 1. The summed E-state index contributed by atoms with van der Waals surface area (Å²) in [4.78, 5) is 1.48. The lowest BCUT2D eigenvalue weighted by atomic mass is 9.94. The Hall–Kier alpha value is -0.380. The van der Waals surface area contributed by atoms with Gasteiger partial charge in [-0.2, -0.15) is 0 Å². The molecule has 1 aromatic heterocycles. The van der Waals surface area contributed by atoms with Crippen molar-refractivity contribution in [2.75, 3.05) is 0 Å². The van der Waals surface area contributed by atoms with Crippen molar-refractivity contribution in [3.63, 3.8) is 0 Å². The molecule has 2 bridgehead atoms. The SMILES string of the molecule is CC(Cc1cccs1)NC1CC2CCC1O2. The van der Waals surface area contributed by atoms with Crippen LogP contribution in [0.5, 0.6) is 0 Å². The zero-order valence-corrected chi connectivity index (χ0v) is 10.5. The van der Waals surface area contributed by atoms with Crippen LogP contribution < -0.4 is 5.32 Å². The summed E-state index contributed by atoms with van der Waals surface area (Å²) < 4.78 is 5.86. The van der Waals surface area contributed by atoms with Gasteiger partial charge in [0.05, 0.1) is 12.2 Å². The van der Waals surface area contributed by atoms with E-state index in [1.807, 2.05) is 11.3 Å². The lowest BCUT2D eigenvalue weighted by molar-refractivity contribution is 0.0962. The van der Waals surface area contributed by atoms with Crippen molar-refractivity contribution in [3.8, 4) is 0 Å². The van der Waals surface area contributed by atoms with Crippen LogP contribution in [0.25, 0.3) is 0 Å². The molecule has 3 heterocycles. The fourth-order valence-electron chi connectivity index (χ4n) is 2.97. The van der Waals surface area contributed by atoms with E-state index < -0.39 is 0 Å². The summed E-state index contributed by atoms with van der Waals surface area (Å²) in [5.41, 5.74) is 0. The van der Waals surface area contributed by atoms with Crippen LogP contribution >= 0.6 is 11.3 Å². The van der Waals surface area contributed by atoms with Gasteiger partial charge in [0.25, 0.3) is 0 Å². The highest BCUT2D eigenvalue weighted by Crippen LogP contribution is 2.34. The summed E-state index contributed by atoms with van der Waals surface area (Å²) in [7, 11) is 0. The van der Waals surface area contributed by atoms with Gasteiger partial charge in [-0.1, -0.05) is 6.07 Å². The van der Waals surface area contributed by atoms with Crippen molar-refractivity contribution in [2.24, 2.45) is 0 Å². The molecule has 0 radical (unpaired) electrons. The van der Waals surface area contributed by atoms with Crippen LogP contribution in [0.4, 0.5) is 0 Å². The first kappa shape index (κ1) is 10.8. The average Bonchev–Trinajstić information content (AvgIpc) is 2.92. The van der Waals surface area contributed by atoms with E-state index in [1.54, 1.807) is 0 Å². The number of hydrogen-bond acceptors (Lipinski definition) is 3. The lowest BCUT2D eigenvalue weighted by Gasteiger charge is -2.24. The smallest absolute Gasteiger partial charge is 0.0733 e. The third kappa shape index (κ3) is 2.17. The molecule has 4 unspecified atom stereocenters. The van der Waals surface area contributed by atoms with Crippen molar-refractivity contribution < 1.29 is 4.74 Å². The van der Waals surface area contributed by atoms with E-state index in [9.17, 15) is 0 Å². The molecule has 0 amide bonds. The first-order valence-electron chi connectivity index (χ1n) is 6.25. The second kappa shape index (κ2) is 4.47. The Morgan fingerprint density at radius 1 is 1.56 bits per heavy atom. The zero-order chi connectivity index (χ0) is 11.0. The summed E-state index contributed by atoms with van der Waals surface area (Å²) in [5, 5.41) is 5.89. The molecule has 0 aromatic carbocycles. The summed E-state index contributed by atoms with van der Waals surface area (Å²) in [5.74, 6) is 0. The summed E-state index contributed by atoms with van der Waals surface area (Å²) >= 11 is 1.85. The molecule has 3 heteroatoms. The van der Waals surface area contributed by atoms with E-state index in [2.05, 4.69) is 29.8 Å². The minimum absolute atomic E-state index is 0.496. The highest BCUT2D eigenvalue weighted by molar-refractivity contribution is 7.09. The largest absolute Gasteiger partial charge is 0.373 e. The molecule has 3 rings (SSSR count). The highest BCUT2D eigenvalue weighted by Gasteiger charge is 2.40. The van der Waals surface area contributed by atoms with Crippen molar-refractivity contribution in [2.45, 2.75) is 56.9 Å². The predicted octanol–water partition coefficient (Wildman–Crippen LogP) is 2.59. The molecule has 1 N–H and O–H groups in total. The van der Waals surface area contributed by atoms with Crippen molar-refractivity contribution >= 4 is 11.3 Å². The Morgan fingerprint density at radius 2 is 2.50 bits per heavy atom. The Bertz CT molecular complexity index is 338. The number of fused-ring (bicyclic) bond motifs is 2. The van der Waals surface area contributed by atoms with Gasteiger partial charge < -0.3 is 10.1 Å². The normalized spacial score (nSPS) is 34.4. The Kier molecular flexibility index (Phi) is 3.01. The Balaban J connectivity index is 1.51. The standard InChI is InChI=1S/C13H19NOS/c1-9(7-11-3-2-6-16-11)14-12-8-10-4-5-13(12)15-10/h2-3,6,9-10,12-14H,4-5,7-8H2,1H3. The minimum atomic E-state index is 0.496. The van der Waals surface area contributed by atoms with Crippen LogP contribution in [-0.4, -0.2) is 24.3 Å². The van der Waals surface area contributed by atoms with Gasteiger partial charge in [0.2, 0.25) is 0 Å². The highest BCUT2D eigenvalue weighted by atomic mass is 32.1. The van der Waals surface area contributed by atoms with E-state index in [0.717, 1.165) is 6.42 Å². The Morgan fingerprint density at radius 3 is 3.12 bits per heavy atom. The maximum Gasteiger partial charge on any atom is 0.0733 e. The van der Waals surface area contributed by atoms with Crippen LogP contribution in [0.15, 0.2) is 17.5 Å². The first-order chi connectivity index (χ1) is 7.81. The van der Waals surface area contributed by atoms with Crippen molar-refractivity contribution in [1.82, 2.24) is 5.32 Å². The molecule has 16 heavy (non-hydrogen) atoms. The number of hydrogen-bond donors (Lipinski definition) is 1. The molecule has 0 saturated carbocycles. The van der Waals surface area contributed by atoms with E-state index >= 15 is 0 Å². The van der Waals surface area contributed by atoms with E-state index in [-0.39, 0.29) is 0 Å². The van der Waals surface area contributed by atoms with E-state index in [4.69, 9.17) is 4.74 Å². The summed E-state index contributed by atoms with van der Waals surface area (Å²) in [6, 6.07) is 5.52. The van der Waals surface area contributed by atoms with E-state index in [0.29, 0.717) is 24.3 Å². The molecular formula is C13H19NOS. The van der Waals surface area contributed by atoms with Gasteiger partial charge in [-0.05, 0) is 44.1 Å². The topological polar surface area (TPSA) is 21.3 Å². The number of ether oxygens (including phenoxy) is 1. The van der Waals surface area contributed by atoms with Crippen LogP contribution in [-0.2, 0) is 11.2 Å². The maximum absolute atomic E-state index is 5.86.